The van der Waals surface area contributed by atoms with Crippen LogP contribution >= 0.6 is 11.6 Å². The first-order valence-corrected chi connectivity index (χ1v) is 11.4. The molecular formula is C25H26ClN7O3. The number of anilines is 1. The molecule has 0 aliphatic carbocycles. The Hall–Kier alpha value is -4.14. The van der Waals surface area contributed by atoms with Gasteiger partial charge in [0, 0.05) is 16.7 Å². The number of aromatic nitrogens is 6. The van der Waals surface area contributed by atoms with Gasteiger partial charge in [0.2, 0.25) is 5.95 Å². The number of nitrogens with zero attached hydrogens (tertiary/aromatic N) is 6. The minimum Gasteiger partial charge on any atom is -0.494 e. The van der Waals surface area contributed by atoms with Gasteiger partial charge in [-0.15, -0.1) is 5.10 Å². The molecule has 0 bridgehead atoms. The Labute approximate surface area is 213 Å². The summed E-state index contributed by atoms with van der Waals surface area (Å²) >= 11 is 6.27. The van der Waals surface area contributed by atoms with E-state index in [0.29, 0.717) is 40.0 Å². The van der Waals surface area contributed by atoms with E-state index < -0.39 is 0 Å². The maximum absolute atomic E-state index is 8.12. The highest BCUT2D eigenvalue weighted by molar-refractivity contribution is 6.32. The van der Waals surface area contributed by atoms with Gasteiger partial charge in [-0.1, -0.05) is 49.7 Å². The van der Waals surface area contributed by atoms with E-state index in [9.17, 15) is 0 Å². The summed E-state index contributed by atoms with van der Waals surface area (Å²) in [5.41, 5.74) is 10.4. The largest absolute Gasteiger partial charge is 0.494 e. The van der Waals surface area contributed by atoms with Crippen LogP contribution in [0, 0.1) is 0 Å². The normalized spacial score (nSPS) is 10.8. The number of ether oxygens (including phenoxy) is 1. The summed E-state index contributed by atoms with van der Waals surface area (Å²) in [6.07, 6.45) is 3.08. The zero-order valence-electron chi connectivity index (χ0n) is 20.4. The van der Waals surface area contributed by atoms with Crippen molar-refractivity contribution >= 4 is 23.7 Å². The maximum atomic E-state index is 8.12. The van der Waals surface area contributed by atoms with Gasteiger partial charge in [0.1, 0.15) is 11.4 Å². The van der Waals surface area contributed by atoms with Crippen LogP contribution in [0.1, 0.15) is 38.6 Å². The molecular weight excluding hydrogens is 482 g/mol. The third-order valence-electron chi connectivity index (χ3n) is 5.70. The van der Waals surface area contributed by atoms with E-state index in [0.717, 1.165) is 17.8 Å². The number of hydrogen-bond donors (Lipinski definition) is 1. The molecule has 11 heteroatoms. The number of rotatable bonds is 7. The summed E-state index contributed by atoms with van der Waals surface area (Å²) in [6.45, 7) is 7.05. The van der Waals surface area contributed by atoms with Crippen molar-refractivity contribution in [2.45, 2.75) is 39.2 Å². The molecule has 0 saturated carbocycles. The molecule has 4 rings (SSSR count). The molecule has 0 fully saturated rings. The van der Waals surface area contributed by atoms with Gasteiger partial charge in [-0.25, -0.2) is 14.6 Å². The molecule has 3 heterocycles. The number of benzene rings is 1. The van der Waals surface area contributed by atoms with Crippen LogP contribution in [0.4, 0.5) is 5.95 Å². The van der Waals surface area contributed by atoms with Crippen molar-refractivity contribution in [1.29, 1.82) is 0 Å². The molecule has 186 valence electrons. The van der Waals surface area contributed by atoms with Crippen LogP contribution in [0.3, 0.4) is 0 Å². The lowest BCUT2D eigenvalue weighted by Crippen LogP contribution is -2.18. The molecule has 0 saturated heterocycles. The highest BCUT2D eigenvalue weighted by Crippen LogP contribution is 2.36. The van der Waals surface area contributed by atoms with Gasteiger partial charge in [-0.3, -0.25) is 4.98 Å². The molecule has 0 amide bonds. The molecule has 1 aromatic carbocycles. The Morgan fingerprint density at radius 1 is 1.06 bits per heavy atom. The van der Waals surface area contributed by atoms with Gasteiger partial charge < -0.3 is 10.5 Å². The van der Waals surface area contributed by atoms with E-state index >= 15 is 0 Å². The van der Waals surface area contributed by atoms with Crippen molar-refractivity contribution < 1.29 is 14.3 Å². The number of para-hydroxylation sites is 1. The highest BCUT2D eigenvalue weighted by Gasteiger charge is 2.20. The number of nitrogen functional groups attached to an aromatic ring is 1. The van der Waals surface area contributed by atoms with Gasteiger partial charge >= 0.3 is 6.15 Å². The SMILES string of the molecule is CCC(C)(C)c1cccc(Cn2cc(-c3cc(-c4cccc(Cl)c4OC)nc(N)n3)nn2)n1.O=C=O. The summed E-state index contributed by atoms with van der Waals surface area (Å²) in [6, 6.07) is 13.3. The Kier molecular flexibility index (Phi) is 8.47. The van der Waals surface area contributed by atoms with Crippen LogP contribution in [0.25, 0.3) is 22.6 Å². The second-order valence-electron chi connectivity index (χ2n) is 8.45. The van der Waals surface area contributed by atoms with E-state index in [1.165, 1.54) is 0 Å². The third kappa shape index (κ3) is 6.10. The maximum Gasteiger partial charge on any atom is 0.373 e. The lowest BCUT2D eigenvalue weighted by Gasteiger charge is -2.22. The fourth-order valence-electron chi connectivity index (χ4n) is 3.44. The molecule has 4 aromatic rings. The van der Waals surface area contributed by atoms with Crippen molar-refractivity contribution in [3.8, 4) is 28.4 Å². The number of pyridine rings is 1. The summed E-state index contributed by atoms with van der Waals surface area (Å²) in [4.78, 5) is 29.8. The number of hydrogen-bond acceptors (Lipinski definition) is 9. The number of carbonyl (C=O) groups excluding carboxylic acids is 2. The van der Waals surface area contributed by atoms with Crippen molar-refractivity contribution in [2.24, 2.45) is 0 Å². The third-order valence-corrected chi connectivity index (χ3v) is 6.00. The molecule has 36 heavy (non-hydrogen) atoms. The molecule has 10 nitrogen and oxygen atoms in total. The molecule has 0 radical (unpaired) electrons. The first kappa shape index (κ1) is 26.5. The molecule has 0 aliphatic heterocycles. The molecule has 0 spiro atoms. The van der Waals surface area contributed by atoms with E-state index in [-0.39, 0.29) is 17.5 Å². The Balaban J connectivity index is 0.00000115. The highest BCUT2D eigenvalue weighted by atomic mass is 35.5. The van der Waals surface area contributed by atoms with Crippen molar-refractivity contribution in [1.82, 2.24) is 29.9 Å². The smallest absolute Gasteiger partial charge is 0.373 e. The van der Waals surface area contributed by atoms with Crippen LogP contribution in [-0.4, -0.2) is 43.2 Å². The topological polar surface area (TPSA) is 139 Å². The summed E-state index contributed by atoms with van der Waals surface area (Å²) in [7, 11) is 1.56. The Morgan fingerprint density at radius 2 is 1.75 bits per heavy atom. The van der Waals surface area contributed by atoms with Gasteiger partial charge in [-0.05, 0) is 36.8 Å². The van der Waals surface area contributed by atoms with Crippen molar-refractivity contribution in [3.05, 3.63) is 65.1 Å². The van der Waals surface area contributed by atoms with Crippen molar-refractivity contribution in [2.75, 3.05) is 12.8 Å². The van der Waals surface area contributed by atoms with Crippen molar-refractivity contribution in [3.63, 3.8) is 0 Å². The van der Waals surface area contributed by atoms with E-state index in [1.54, 1.807) is 23.9 Å². The predicted molar refractivity (Wildman–Crippen MR) is 134 cm³/mol. The quantitative estimate of drug-likeness (QED) is 0.389. The predicted octanol–water partition coefficient (Wildman–Crippen LogP) is 4.19. The minimum absolute atomic E-state index is 0.0137. The zero-order chi connectivity index (χ0) is 26.3. The minimum atomic E-state index is 0.0137. The van der Waals surface area contributed by atoms with Crippen LogP contribution in [-0.2, 0) is 21.5 Å². The fourth-order valence-corrected chi connectivity index (χ4v) is 3.69. The van der Waals surface area contributed by atoms with Crippen LogP contribution in [0.5, 0.6) is 5.75 Å². The molecule has 2 N–H and O–H groups in total. The first-order valence-electron chi connectivity index (χ1n) is 11.1. The summed E-state index contributed by atoms with van der Waals surface area (Å²) in [5, 5.41) is 9.03. The molecule has 0 aliphatic rings. The van der Waals surface area contributed by atoms with Crippen LogP contribution in [0.15, 0.2) is 48.7 Å². The average Bonchev–Trinajstić information content (AvgIpc) is 3.32. The van der Waals surface area contributed by atoms with E-state index in [1.807, 2.05) is 30.5 Å². The summed E-state index contributed by atoms with van der Waals surface area (Å²) in [5.74, 6) is 0.642. The van der Waals surface area contributed by atoms with Gasteiger partial charge in [-0.2, -0.15) is 9.59 Å². The molecule has 0 atom stereocenters. The van der Waals surface area contributed by atoms with E-state index in [4.69, 9.17) is 36.6 Å². The van der Waals surface area contributed by atoms with Gasteiger partial charge in [0.25, 0.3) is 0 Å². The van der Waals surface area contributed by atoms with Crippen LogP contribution in [0.2, 0.25) is 5.02 Å². The second kappa shape index (κ2) is 11.5. The van der Waals surface area contributed by atoms with Crippen LogP contribution < -0.4 is 10.5 Å². The lowest BCUT2D eigenvalue weighted by atomic mass is 9.86. The Bertz CT molecular complexity index is 1380. The summed E-state index contributed by atoms with van der Waals surface area (Å²) < 4.78 is 7.19. The van der Waals surface area contributed by atoms with Gasteiger partial charge in [0.05, 0.1) is 42.0 Å². The van der Waals surface area contributed by atoms with Gasteiger partial charge in [0.15, 0.2) is 0 Å². The number of halogens is 1. The molecule has 0 unspecified atom stereocenters. The lowest BCUT2D eigenvalue weighted by molar-refractivity contribution is -0.191. The number of nitrogens with two attached hydrogens (primary N) is 1. The first-order chi connectivity index (χ1) is 17.2. The average molecular weight is 508 g/mol. The van der Waals surface area contributed by atoms with E-state index in [2.05, 4.69) is 47.1 Å². The fraction of sp³-hybridized carbons (Fsp3) is 0.280. The monoisotopic (exact) mass is 507 g/mol. The zero-order valence-corrected chi connectivity index (χ0v) is 21.2. The Morgan fingerprint density at radius 3 is 2.44 bits per heavy atom. The molecule has 3 aromatic heterocycles. The number of methoxy groups -OCH3 is 1. The standard InChI is InChI=1S/C24H26ClN7O.CO2/c1-5-24(2,3)21-11-6-8-15(27-21)13-32-14-20(30-31-32)19-12-18(28-23(26)29-19)16-9-7-10-17(25)22(16)33-4;2-1-3/h6-12,14H,5,13H2,1-4H3,(H2,26,28,29);. The second-order valence-corrected chi connectivity index (χ2v) is 8.86.